The Morgan fingerprint density at radius 2 is 1.82 bits per heavy atom. The summed E-state index contributed by atoms with van der Waals surface area (Å²) in [5.74, 6) is -1.56. The van der Waals surface area contributed by atoms with E-state index in [2.05, 4.69) is 17.6 Å². The Kier molecular flexibility index (Phi) is 7.56. The third-order valence-electron chi connectivity index (χ3n) is 4.84. The van der Waals surface area contributed by atoms with Crippen LogP contribution in [0.1, 0.15) is 49.9 Å². The van der Waals surface area contributed by atoms with Gasteiger partial charge >= 0.3 is 12.0 Å². The molecule has 1 aliphatic carbocycles. The van der Waals surface area contributed by atoms with Crippen molar-refractivity contribution < 1.29 is 27.5 Å². The minimum atomic E-state index is -3.62. The van der Waals surface area contributed by atoms with E-state index < -0.39 is 34.4 Å². The first-order valence-corrected chi connectivity index (χ1v) is 11.0. The van der Waals surface area contributed by atoms with E-state index >= 15 is 0 Å². The summed E-state index contributed by atoms with van der Waals surface area (Å²) >= 11 is 0. The van der Waals surface area contributed by atoms with E-state index in [9.17, 15) is 22.8 Å². The maximum atomic E-state index is 12.2. The number of hydrogen-bond donors (Lipinski definition) is 2. The Balaban J connectivity index is 1.89. The van der Waals surface area contributed by atoms with Gasteiger partial charge < -0.3 is 10.1 Å². The van der Waals surface area contributed by atoms with Gasteiger partial charge in [0.05, 0.1) is 16.2 Å². The van der Waals surface area contributed by atoms with Crippen LogP contribution < -0.4 is 10.6 Å². The van der Waals surface area contributed by atoms with E-state index in [1.54, 1.807) is 0 Å². The van der Waals surface area contributed by atoms with Crippen LogP contribution in [0.15, 0.2) is 29.2 Å². The molecule has 9 heteroatoms. The number of carbonyl (C=O) groups excluding carboxylic acids is 3. The van der Waals surface area contributed by atoms with Crippen LogP contribution in [0.25, 0.3) is 0 Å². The molecule has 1 aromatic rings. The van der Waals surface area contributed by atoms with Crippen molar-refractivity contribution in [2.45, 2.75) is 50.5 Å². The molecule has 0 bridgehead atoms. The third kappa shape index (κ3) is 5.79. The molecule has 2 N–H and O–H groups in total. The van der Waals surface area contributed by atoms with E-state index in [0.717, 1.165) is 25.7 Å². The molecule has 0 spiro atoms. The lowest BCUT2D eigenvalue weighted by atomic mass is 9.86. The average molecular weight is 410 g/mol. The predicted molar refractivity (Wildman–Crippen MR) is 103 cm³/mol. The lowest BCUT2D eigenvalue weighted by molar-refractivity contribution is -0.123. The molecule has 1 aromatic carbocycles. The molecule has 2 atom stereocenters. The molecule has 0 unspecified atom stereocenters. The topological polar surface area (TPSA) is 119 Å². The average Bonchev–Trinajstić information content (AvgIpc) is 2.68. The molecule has 1 aliphatic rings. The van der Waals surface area contributed by atoms with E-state index in [0.29, 0.717) is 5.92 Å². The number of amides is 3. The van der Waals surface area contributed by atoms with Gasteiger partial charge in [-0.2, -0.15) is 0 Å². The number of nitrogens with one attached hydrogen (secondary N) is 2. The second-order valence-electron chi connectivity index (χ2n) is 6.87. The highest BCUT2D eigenvalue weighted by Gasteiger charge is 2.24. The molecule has 2 rings (SSSR count). The third-order valence-corrected chi connectivity index (χ3v) is 6.62. The molecule has 0 saturated heterocycles. The predicted octanol–water partition coefficient (Wildman–Crippen LogP) is 2.04. The smallest absolute Gasteiger partial charge is 0.339 e. The number of rotatable bonds is 6. The molecule has 0 aliphatic heterocycles. The highest BCUT2D eigenvalue weighted by molar-refractivity contribution is 7.91. The standard InChI is InChI=1S/C19H26N2O6S/c1-3-28(25,26)16-11-7-5-9-14(16)18(23)27-12-17(22)21-19(24)20-15-10-6-4-8-13(15)2/h5,7,9,11,13,15H,3-4,6,8,10,12H2,1-2H3,(H2,20,21,22,24)/t13-,15-/m0/s1. The van der Waals surface area contributed by atoms with Crippen molar-refractivity contribution in [2.24, 2.45) is 5.92 Å². The Morgan fingerprint density at radius 3 is 2.50 bits per heavy atom. The number of benzene rings is 1. The first-order chi connectivity index (χ1) is 13.2. The number of sulfone groups is 1. The van der Waals surface area contributed by atoms with Crippen molar-refractivity contribution in [3.63, 3.8) is 0 Å². The van der Waals surface area contributed by atoms with Gasteiger partial charge in [0.1, 0.15) is 0 Å². The molecule has 3 amide bonds. The number of urea groups is 1. The lowest BCUT2D eigenvalue weighted by Crippen LogP contribution is -2.48. The molecular formula is C19H26N2O6S. The summed E-state index contributed by atoms with van der Waals surface area (Å²) in [7, 11) is -3.62. The number of carbonyl (C=O) groups is 3. The quantitative estimate of drug-likeness (QED) is 0.693. The zero-order chi connectivity index (χ0) is 20.7. The van der Waals surface area contributed by atoms with Gasteiger partial charge in [-0.05, 0) is 30.9 Å². The summed E-state index contributed by atoms with van der Waals surface area (Å²) in [6.07, 6.45) is 4.04. The monoisotopic (exact) mass is 410 g/mol. The maximum Gasteiger partial charge on any atom is 0.339 e. The Labute approximate surface area is 164 Å². The van der Waals surface area contributed by atoms with Gasteiger partial charge in [0, 0.05) is 6.04 Å². The summed E-state index contributed by atoms with van der Waals surface area (Å²) in [6.45, 7) is 2.83. The largest absolute Gasteiger partial charge is 0.452 e. The number of hydrogen-bond acceptors (Lipinski definition) is 6. The molecule has 0 radical (unpaired) electrons. The minimum absolute atomic E-state index is 0.00947. The van der Waals surface area contributed by atoms with E-state index in [4.69, 9.17) is 4.74 Å². The van der Waals surface area contributed by atoms with Crippen molar-refractivity contribution in [3.05, 3.63) is 29.8 Å². The molecular weight excluding hydrogens is 384 g/mol. The van der Waals surface area contributed by atoms with Crippen LogP contribution in [-0.2, 0) is 19.4 Å². The van der Waals surface area contributed by atoms with Crippen LogP contribution >= 0.6 is 0 Å². The molecule has 8 nitrogen and oxygen atoms in total. The van der Waals surface area contributed by atoms with Crippen LogP contribution in [0.4, 0.5) is 4.79 Å². The minimum Gasteiger partial charge on any atom is -0.452 e. The van der Waals surface area contributed by atoms with E-state index in [1.807, 2.05) is 0 Å². The summed E-state index contributed by atoms with van der Waals surface area (Å²) in [5.41, 5.74) is -0.141. The van der Waals surface area contributed by atoms with Crippen LogP contribution in [0, 0.1) is 5.92 Å². The van der Waals surface area contributed by atoms with Gasteiger partial charge in [-0.3, -0.25) is 10.1 Å². The van der Waals surface area contributed by atoms with Crippen molar-refractivity contribution >= 4 is 27.7 Å². The van der Waals surface area contributed by atoms with E-state index in [-0.39, 0.29) is 22.3 Å². The summed E-state index contributed by atoms with van der Waals surface area (Å²) in [4.78, 5) is 35.9. The summed E-state index contributed by atoms with van der Waals surface area (Å²) < 4.78 is 29.1. The molecule has 0 aromatic heterocycles. The highest BCUT2D eigenvalue weighted by Crippen LogP contribution is 2.23. The SMILES string of the molecule is CCS(=O)(=O)c1ccccc1C(=O)OCC(=O)NC(=O)N[C@H]1CCCC[C@@H]1C. The summed E-state index contributed by atoms with van der Waals surface area (Å²) in [6, 6.07) is 5.02. The van der Waals surface area contributed by atoms with Gasteiger partial charge in [0.15, 0.2) is 16.4 Å². The van der Waals surface area contributed by atoms with Gasteiger partial charge in [-0.1, -0.05) is 38.8 Å². The van der Waals surface area contributed by atoms with Crippen molar-refractivity contribution in [3.8, 4) is 0 Å². The number of esters is 1. The van der Waals surface area contributed by atoms with Crippen molar-refractivity contribution in [2.75, 3.05) is 12.4 Å². The number of ether oxygens (including phenoxy) is 1. The van der Waals surface area contributed by atoms with Crippen molar-refractivity contribution in [1.29, 1.82) is 0 Å². The second kappa shape index (κ2) is 9.68. The Hall–Kier alpha value is -2.42. The zero-order valence-electron chi connectivity index (χ0n) is 16.1. The van der Waals surface area contributed by atoms with Gasteiger partial charge in [0.25, 0.3) is 5.91 Å². The van der Waals surface area contributed by atoms with Gasteiger partial charge in [-0.25, -0.2) is 18.0 Å². The Morgan fingerprint density at radius 1 is 1.14 bits per heavy atom. The molecule has 154 valence electrons. The fraction of sp³-hybridized carbons (Fsp3) is 0.526. The fourth-order valence-corrected chi connectivity index (χ4v) is 4.25. The Bertz CT molecular complexity index is 837. The van der Waals surface area contributed by atoms with Crippen LogP contribution in [0.3, 0.4) is 0 Å². The van der Waals surface area contributed by atoms with Gasteiger partial charge in [0.2, 0.25) is 0 Å². The van der Waals surface area contributed by atoms with Crippen molar-refractivity contribution in [1.82, 2.24) is 10.6 Å². The normalized spacial score (nSPS) is 19.5. The molecule has 28 heavy (non-hydrogen) atoms. The molecule has 0 heterocycles. The molecule has 1 fully saturated rings. The lowest BCUT2D eigenvalue weighted by Gasteiger charge is -2.29. The molecule has 1 saturated carbocycles. The van der Waals surface area contributed by atoms with Crippen LogP contribution in [-0.4, -0.2) is 44.7 Å². The van der Waals surface area contributed by atoms with Crippen LogP contribution in [0.2, 0.25) is 0 Å². The van der Waals surface area contributed by atoms with Gasteiger partial charge in [-0.15, -0.1) is 0 Å². The zero-order valence-corrected chi connectivity index (χ0v) is 16.9. The fourth-order valence-electron chi connectivity index (χ4n) is 3.17. The number of imide groups is 1. The second-order valence-corrected chi connectivity index (χ2v) is 9.11. The first kappa shape index (κ1) is 21.9. The summed E-state index contributed by atoms with van der Waals surface area (Å²) in [5, 5.41) is 4.89. The van der Waals surface area contributed by atoms with E-state index in [1.165, 1.54) is 31.2 Å². The highest BCUT2D eigenvalue weighted by atomic mass is 32.2. The van der Waals surface area contributed by atoms with Crippen LogP contribution in [0.5, 0.6) is 0 Å². The first-order valence-electron chi connectivity index (χ1n) is 9.34. The maximum absolute atomic E-state index is 12.2.